The minimum Gasteiger partial charge on any atom is -0.354 e. The Balaban J connectivity index is 2.78. The predicted octanol–water partition coefficient (Wildman–Crippen LogP) is 1.21. The summed E-state index contributed by atoms with van der Waals surface area (Å²) < 4.78 is 0. The van der Waals surface area contributed by atoms with E-state index in [1.54, 1.807) is 6.20 Å². The van der Waals surface area contributed by atoms with Crippen LogP contribution in [0, 0.1) is 12.8 Å². The molecule has 0 saturated heterocycles. The van der Waals surface area contributed by atoms with Gasteiger partial charge in [0.25, 0.3) is 0 Å². The molecule has 1 rings (SSSR count). The number of nitrogens with zero attached hydrogens (tertiary/aromatic N) is 3. The third-order valence-corrected chi connectivity index (χ3v) is 2.09. The molecule has 4 heteroatoms. The molecule has 0 aliphatic heterocycles. The van der Waals surface area contributed by atoms with E-state index in [-0.39, 0.29) is 0 Å². The first kappa shape index (κ1) is 11.9. The van der Waals surface area contributed by atoms with E-state index in [0.717, 1.165) is 24.5 Å². The van der Waals surface area contributed by atoms with E-state index in [1.165, 1.54) is 0 Å². The van der Waals surface area contributed by atoms with Crippen LogP contribution in [0.2, 0.25) is 0 Å². The summed E-state index contributed by atoms with van der Waals surface area (Å²) in [6.45, 7) is 8.83. The number of aryl methyl sites for hydroxylation is 1. The topological polar surface area (TPSA) is 55.0 Å². The monoisotopic (exact) mass is 208 g/mol. The van der Waals surface area contributed by atoms with Gasteiger partial charge in [0.15, 0.2) is 5.82 Å². The van der Waals surface area contributed by atoms with Crippen molar-refractivity contribution in [1.29, 1.82) is 0 Å². The fraction of sp³-hybridized carbons (Fsp3) is 0.636. The zero-order valence-electron chi connectivity index (χ0n) is 9.77. The van der Waals surface area contributed by atoms with Crippen LogP contribution in [-0.2, 0) is 0 Å². The van der Waals surface area contributed by atoms with Crippen LogP contribution in [0.1, 0.15) is 19.4 Å². The maximum atomic E-state index is 5.59. The summed E-state index contributed by atoms with van der Waals surface area (Å²) in [6.07, 6.45) is 1.76. The third-order valence-electron chi connectivity index (χ3n) is 2.09. The second kappa shape index (κ2) is 5.66. The average molecular weight is 208 g/mol. The van der Waals surface area contributed by atoms with Crippen LogP contribution < -0.4 is 10.6 Å². The van der Waals surface area contributed by atoms with Crippen molar-refractivity contribution in [2.45, 2.75) is 20.8 Å². The van der Waals surface area contributed by atoms with Crippen molar-refractivity contribution < 1.29 is 0 Å². The second-order valence-corrected chi connectivity index (χ2v) is 4.22. The summed E-state index contributed by atoms with van der Waals surface area (Å²) in [4.78, 5) is 2.19. The van der Waals surface area contributed by atoms with Gasteiger partial charge in [-0.15, -0.1) is 5.10 Å². The number of hydrogen-bond donors (Lipinski definition) is 1. The van der Waals surface area contributed by atoms with E-state index in [1.807, 2.05) is 13.0 Å². The Kier molecular flexibility index (Phi) is 4.49. The highest BCUT2D eigenvalue weighted by Gasteiger charge is 2.09. The number of anilines is 1. The molecule has 0 unspecified atom stereocenters. The van der Waals surface area contributed by atoms with E-state index in [0.29, 0.717) is 12.5 Å². The van der Waals surface area contributed by atoms with Gasteiger partial charge in [-0.3, -0.25) is 0 Å². The van der Waals surface area contributed by atoms with Gasteiger partial charge in [0.2, 0.25) is 0 Å². The normalized spacial score (nSPS) is 10.7. The van der Waals surface area contributed by atoms with Gasteiger partial charge in [-0.05, 0) is 24.5 Å². The van der Waals surface area contributed by atoms with Crippen molar-refractivity contribution in [2.24, 2.45) is 11.7 Å². The van der Waals surface area contributed by atoms with Crippen LogP contribution in [0.25, 0.3) is 0 Å². The van der Waals surface area contributed by atoms with Gasteiger partial charge in [-0.1, -0.05) is 13.8 Å². The second-order valence-electron chi connectivity index (χ2n) is 4.22. The number of rotatable bonds is 5. The zero-order chi connectivity index (χ0) is 11.3. The number of aromatic nitrogens is 2. The largest absolute Gasteiger partial charge is 0.354 e. The third kappa shape index (κ3) is 3.83. The van der Waals surface area contributed by atoms with Crippen LogP contribution in [-0.4, -0.2) is 29.8 Å². The summed E-state index contributed by atoms with van der Waals surface area (Å²) in [5.74, 6) is 1.52. The highest BCUT2D eigenvalue weighted by Crippen LogP contribution is 2.12. The molecule has 0 amide bonds. The SMILES string of the molecule is Cc1cnnc(N(CCN)CC(C)C)c1. The fourth-order valence-electron chi connectivity index (χ4n) is 1.50. The van der Waals surface area contributed by atoms with Crippen LogP contribution in [0.5, 0.6) is 0 Å². The zero-order valence-corrected chi connectivity index (χ0v) is 9.77. The van der Waals surface area contributed by atoms with Crippen molar-refractivity contribution in [3.05, 3.63) is 17.8 Å². The first-order valence-electron chi connectivity index (χ1n) is 5.38. The highest BCUT2D eigenvalue weighted by atomic mass is 15.3. The molecule has 0 spiro atoms. The van der Waals surface area contributed by atoms with Gasteiger partial charge in [0.05, 0.1) is 6.20 Å². The molecule has 15 heavy (non-hydrogen) atoms. The minimum absolute atomic E-state index is 0.596. The van der Waals surface area contributed by atoms with Crippen LogP contribution in [0.15, 0.2) is 12.3 Å². The Morgan fingerprint density at radius 2 is 2.20 bits per heavy atom. The molecular formula is C11H20N4. The lowest BCUT2D eigenvalue weighted by Gasteiger charge is -2.24. The summed E-state index contributed by atoms with van der Waals surface area (Å²) in [5.41, 5.74) is 6.72. The van der Waals surface area contributed by atoms with Gasteiger partial charge >= 0.3 is 0 Å². The first-order valence-corrected chi connectivity index (χ1v) is 5.38. The fourth-order valence-corrected chi connectivity index (χ4v) is 1.50. The Morgan fingerprint density at radius 3 is 2.73 bits per heavy atom. The number of nitrogens with two attached hydrogens (primary N) is 1. The summed E-state index contributed by atoms with van der Waals surface area (Å²) >= 11 is 0. The van der Waals surface area contributed by atoms with Crippen molar-refractivity contribution in [2.75, 3.05) is 24.5 Å². The Labute approximate surface area is 91.5 Å². The molecule has 0 aliphatic carbocycles. The Morgan fingerprint density at radius 1 is 1.47 bits per heavy atom. The Hall–Kier alpha value is -1.16. The standard InChI is InChI=1S/C11H20N4/c1-9(2)8-15(5-4-12)11-6-10(3)7-13-14-11/h6-7,9H,4-5,8,12H2,1-3H3. The first-order chi connectivity index (χ1) is 7.13. The summed E-state index contributed by atoms with van der Waals surface area (Å²) in [6, 6.07) is 2.05. The quantitative estimate of drug-likeness (QED) is 0.790. The maximum absolute atomic E-state index is 5.59. The van der Waals surface area contributed by atoms with E-state index >= 15 is 0 Å². The van der Waals surface area contributed by atoms with E-state index in [9.17, 15) is 0 Å². The molecule has 0 atom stereocenters. The van der Waals surface area contributed by atoms with Gasteiger partial charge < -0.3 is 10.6 Å². The molecule has 0 fully saturated rings. The van der Waals surface area contributed by atoms with Crippen LogP contribution >= 0.6 is 0 Å². The molecule has 0 aromatic carbocycles. The number of hydrogen-bond acceptors (Lipinski definition) is 4. The minimum atomic E-state index is 0.596. The molecule has 1 heterocycles. The molecule has 1 aromatic heterocycles. The molecular weight excluding hydrogens is 188 g/mol. The van der Waals surface area contributed by atoms with Crippen LogP contribution in [0.3, 0.4) is 0 Å². The van der Waals surface area contributed by atoms with Gasteiger partial charge in [0, 0.05) is 19.6 Å². The summed E-state index contributed by atoms with van der Waals surface area (Å²) in [7, 11) is 0. The maximum Gasteiger partial charge on any atom is 0.151 e. The highest BCUT2D eigenvalue weighted by molar-refractivity contribution is 5.39. The van der Waals surface area contributed by atoms with Crippen molar-refractivity contribution in [3.63, 3.8) is 0 Å². The lowest BCUT2D eigenvalue weighted by atomic mass is 10.2. The van der Waals surface area contributed by atoms with E-state index < -0.39 is 0 Å². The van der Waals surface area contributed by atoms with Gasteiger partial charge in [-0.25, -0.2) is 0 Å². The predicted molar refractivity (Wildman–Crippen MR) is 62.9 cm³/mol. The molecule has 4 nitrogen and oxygen atoms in total. The van der Waals surface area contributed by atoms with Crippen LogP contribution in [0.4, 0.5) is 5.82 Å². The Bertz CT molecular complexity index is 298. The van der Waals surface area contributed by atoms with Gasteiger partial charge in [0.1, 0.15) is 0 Å². The molecule has 84 valence electrons. The van der Waals surface area contributed by atoms with Crippen molar-refractivity contribution >= 4 is 5.82 Å². The van der Waals surface area contributed by atoms with Crippen molar-refractivity contribution in [1.82, 2.24) is 10.2 Å². The smallest absolute Gasteiger partial charge is 0.151 e. The molecule has 1 aromatic rings. The average Bonchev–Trinajstić information content (AvgIpc) is 2.16. The van der Waals surface area contributed by atoms with E-state index in [4.69, 9.17) is 5.73 Å². The van der Waals surface area contributed by atoms with Crippen molar-refractivity contribution in [3.8, 4) is 0 Å². The molecule has 2 N–H and O–H groups in total. The lowest BCUT2D eigenvalue weighted by molar-refractivity contribution is 0.604. The van der Waals surface area contributed by atoms with Gasteiger partial charge in [-0.2, -0.15) is 5.10 Å². The molecule has 0 radical (unpaired) electrons. The van der Waals surface area contributed by atoms with E-state index in [2.05, 4.69) is 28.9 Å². The molecule has 0 aliphatic rings. The lowest BCUT2D eigenvalue weighted by Crippen LogP contribution is -2.33. The molecule has 0 saturated carbocycles. The summed E-state index contributed by atoms with van der Waals surface area (Å²) in [5, 5.41) is 8.09. The molecule has 0 bridgehead atoms.